The normalized spacial score (nSPS) is 10.1. The van der Waals surface area contributed by atoms with Crippen molar-refractivity contribution in [3.8, 4) is 11.8 Å². The summed E-state index contributed by atoms with van der Waals surface area (Å²) in [6.45, 7) is 4.52. The standard InChI is InChI=1S/C16H20FNO2/c1-12(2)5-3-9-18-16(20)14-8-7-13(6-4-10-19)15(17)11-14/h7-8,11-12,19H,3,5,9-10H2,1-2H3,(H,18,20). The number of halogens is 1. The van der Waals surface area contributed by atoms with Crippen LogP contribution in [0, 0.1) is 23.6 Å². The lowest BCUT2D eigenvalue weighted by atomic mass is 10.1. The smallest absolute Gasteiger partial charge is 0.251 e. The quantitative estimate of drug-likeness (QED) is 0.641. The van der Waals surface area contributed by atoms with Gasteiger partial charge >= 0.3 is 0 Å². The average Bonchev–Trinajstić information content (AvgIpc) is 2.41. The van der Waals surface area contributed by atoms with Crippen LogP contribution in [-0.4, -0.2) is 24.2 Å². The molecule has 0 aliphatic carbocycles. The van der Waals surface area contributed by atoms with Crippen molar-refractivity contribution in [2.75, 3.05) is 13.2 Å². The molecule has 0 saturated carbocycles. The molecule has 0 heterocycles. The second-order valence-corrected chi connectivity index (χ2v) is 4.95. The van der Waals surface area contributed by atoms with Crippen molar-refractivity contribution < 1.29 is 14.3 Å². The van der Waals surface area contributed by atoms with Gasteiger partial charge in [0, 0.05) is 12.1 Å². The molecule has 0 aliphatic heterocycles. The van der Waals surface area contributed by atoms with Crippen LogP contribution in [0.15, 0.2) is 18.2 Å². The van der Waals surface area contributed by atoms with Gasteiger partial charge in [0.2, 0.25) is 0 Å². The van der Waals surface area contributed by atoms with Crippen LogP contribution in [0.5, 0.6) is 0 Å². The van der Waals surface area contributed by atoms with E-state index in [0.717, 1.165) is 12.8 Å². The van der Waals surface area contributed by atoms with E-state index in [1.165, 1.54) is 18.2 Å². The Balaban J connectivity index is 2.59. The lowest BCUT2D eigenvalue weighted by molar-refractivity contribution is 0.0952. The van der Waals surface area contributed by atoms with Crippen molar-refractivity contribution >= 4 is 5.91 Å². The lowest BCUT2D eigenvalue weighted by Crippen LogP contribution is -2.24. The van der Waals surface area contributed by atoms with E-state index in [9.17, 15) is 9.18 Å². The molecule has 0 aromatic heterocycles. The molecule has 2 N–H and O–H groups in total. The van der Waals surface area contributed by atoms with Gasteiger partial charge in [0.15, 0.2) is 0 Å². The van der Waals surface area contributed by atoms with Gasteiger partial charge < -0.3 is 10.4 Å². The second-order valence-electron chi connectivity index (χ2n) is 4.95. The molecule has 1 aromatic carbocycles. The maximum absolute atomic E-state index is 13.7. The number of aliphatic hydroxyl groups excluding tert-OH is 1. The van der Waals surface area contributed by atoms with Crippen molar-refractivity contribution in [3.05, 3.63) is 35.1 Å². The number of amides is 1. The van der Waals surface area contributed by atoms with Crippen LogP contribution >= 0.6 is 0 Å². The van der Waals surface area contributed by atoms with Crippen LogP contribution in [0.1, 0.15) is 42.6 Å². The van der Waals surface area contributed by atoms with Crippen LogP contribution in [-0.2, 0) is 0 Å². The molecule has 1 aromatic rings. The summed E-state index contributed by atoms with van der Waals surface area (Å²) in [5.74, 6) is 4.63. The highest BCUT2D eigenvalue weighted by atomic mass is 19.1. The SMILES string of the molecule is CC(C)CCCNC(=O)c1ccc(C#CCO)c(F)c1. The van der Waals surface area contributed by atoms with E-state index in [1.54, 1.807) is 0 Å². The highest BCUT2D eigenvalue weighted by Gasteiger charge is 2.08. The first-order chi connectivity index (χ1) is 9.54. The van der Waals surface area contributed by atoms with Gasteiger partial charge in [-0.25, -0.2) is 4.39 Å². The molecule has 0 saturated heterocycles. The topological polar surface area (TPSA) is 49.3 Å². The summed E-state index contributed by atoms with van der Waals surface area (Å²) in [6, 6.07) is 4.14. The Morgan fingerprint density at radius 2 is 2.20 bits per heavy atom. The maximum Gasteiger partial charge on any atom is 0.251 e. The molecule has 1 rings (SSSR count). The molecule has 108 valence electrons. The van der Waals surface area contributed by atoms with Crippen LogP contribution in [0.4, 0.5) is 4.39 Å². The van der Waals surface area contributed by atoms with Crippen LogP contribution in [0.25, 0.3) is 0 Å². The van der Waals surface area contributed by atoms with Crippen LogP contribution in [0.2, 0.25) is 0 Å². The molecule has 20 heavy (non-hydrogen) atoms. The first-order valence-electron chi connectivity index (χ1n) is 6.72. The first-order valence-corrected chi connectivity index (χ1v) is 6.72. The molecule has 0 atom stereocenters. The van der Waals surface area contributed by atoms with E-state index in [-0.39, 0.29) is 23.6 Å². The number of hydrogen-bond donors (Lipinski definition) is 2. The zero-order chi connectivity index (χ0) is 15.0. The molecule has 0 aliphatic rings. The Morgan fingerprint density at radius 1 is 1.45 bits per heavy atom. The minimum absolute atomic E-state index is 0.176. The summed E-state index contributed by atoms with van der Waals surface area (Å²) in [6.07, 6.45) is 1.95. The van der Waals surface area contributed by atoms with E-state index in [4.69, 9.17) is 5.11 Å². The predicted molar refractivity (Wildman–Crippen MR) is 76.8 cm³/mol. The minimum atomic E-state index is -0.555. The highest BCUT2D eigenvalue weighted by Crippen LogP contribution is 2.10. The molecule has 0 bridgehead atoms. The summed E-state index contributed by atoms with van der Waals surface area (Å²) < 4.78 is 13.7. The monoisotopic (exact) mass is 277 g/mol. The molecular formula is C16H20FNO2. The van der Waals surface area contributed by atoms with Crippen LogP contribution in [0.3, 0.4) is 0 Å². The van der Waals surface area contributed by atoms with Gasteiger partial charge in [0.1, 0.15) is 12.4 Å². The lowest BCUT2D eigenvalue weighted by Gasteiger charge is -2.07. The fraction of sp³-hybridized carbons (Fsp3) is 0.438. The van der Waals surface area contributed by atoms with Gasteiger partial charge in [-0.15, -0.1) is 0 Å². The van der Waals surface area contributed by atoms with Crippen molar-refractivity contribution in [1.82, 2.24) is 5.32 Å². The Labute approximate surface area is 119 Å². The van der Waals surface area contributed by atoms with E-state index in [2.05, 4.69) is 31.0 Å². The van der Waals surface area contributed by atoms with Crippen LogP contribution < -0.4 is 5.32 Å². The van der Waals surface area contributed by atoms with Gasteiger partial charge in [-0.2, -0.15) is 0 Å². The Bertz CT molecular complexity index is 515. The third-order valence-electron chi connectivity index (χ3n) is 2.78. The molecule has 0 spiro atoms. The van der Waals surface area contributed by atoms with Crippen molar-refractivity contribution in [2.45, 2.75) is 26.7 Å². The molecule has 1 amide bonds. The summed E-state index contributed by atoms with van der Waals surface area (Å²) >= 11 is 0. The Morgan fingerprint density at radius 3 is 2.80 bits per heavy atom. The Kier molecular flexibility index (Phi) is 6.75. The fourth-order valence-electron chi connectivity index (χ4n) is 1.71. The van der Waals surface area contributed by atoms with Gasteiger partial charge in [-0.05, 0) is 37.0 Å². The van der Waals surface area contributed by atoms with E-state index in [1.807, 2.05) is 0 Å². The minimum Gasteiger partial charge on any atom is -0.384 e. The van der Waals surface area contributed by atoms with Crippen molar-refractivity contribution in [3.63, 3.8) is 0 Å². The predicted octanol–water partition coefficient (Wildman–Crippen LogP) is 2.34. The average molecular weight is 277 g/mol. The summed E-state index contributed by atoms with van der Waals surface area (Å²) in [7, 11) is 0. The molecule has 3 nitrogen and oxygen atoms in total. The molecule has 0 unspecified atom stereocenters. The zero-order valence-electron chi connectivity index (χ0n) is 11.9. The number of hydrogen-bond acceptors (Lipinski definition) is 2. The number of rotatable bonds is 5. The number of aliphatic hydroxyl groups is 1. The number of carbonyl (C=O) groups is 1. The summed E-state index contributed by atoms with van der Waals surface area (Å²) in [5.41, 5.74) is 0.456. The van der Waals surface area contributed by atoms with Gasteiger partial charge in [-0.1, -0.05) is 25.7 Å². The molecule has 0 radical (unpaired) electrons. The maximum atomic E-state index is 13.7. The largest absolute Gasteiger partial charge is 0.384 e. The van der Waals surface area contributed by atoms with E-state index < -0.39 is 5.82 Å². The van der Waals surface area contributed by atoms with Gasteiger partial charge in [-0.3, -0.25) is 4.79 Å². The summed E-state index contributed by atoms with van der Waals surface area (Å²) in [5, 5.41) is 11.3. The molecular weight excluding hydrogens is 257 g/mol. The zero-order valence-corrected chi connectivity index (χ0v) is 11.9. The number of nitrogens with one attached hydrogen (secondary N) is 1. The first kappa shape index (κ1) is 16.2. The Hall–Kier alpha value is -1.86. The molecule has 0 fully saturated rings. The van der Waals surface area contributed by atoms with E-state index in [0.29, 0.717) is 12.5 Å². The second kappa shape index (κ2) is 8.34. The molecule has 4 heteroatoms. The third kappa shape index (κ3) is 5.41. The highest BCUT2D eigenvalue weighted by molar-refractivity contribution is 5.94. The summed E-state index contributed by atoms with van der Waals surface area (Å²) in [4.78, 5) is 11.8. The van der Waals surface area contributed by atoms with Crippen molar-refractivity contribution in [1.29, 1.82) is 0 Å². The van der Waals surface area contributed by atoms with E-state index >= 15 is 0 Å². The number of benzene rings is 1. The van der Waals surface area contributed by atoms with Gasteiger partial charge in [0.05, 0.1) is 5.56 Å². The number of carbonyl (C=O) groups excluding carboxylic acids is 1. The fourth-order valence-corrected chi connectivity index (χ4v) is 1.71. The van der Waals surface area contributed by atoms with Crippen molar-refractivity contribution in [2.24, 2.45) is 5.92 Å². The third-order valence-corrected chi connectivity index (χ3v) is 2.78. The van der Waals surface area contributed by atoms with Gasteiger partial charge in [0.25, 0.3) is 5.91 Å².